The maximum atomic E-state index is 7.32. The fourth-order valence-electron chi connectivity index (χ4n) is 5.76. The second-order valence-electron chi connectivity index (χ2n) is 12.4. The van der Waals surface area contributed by atoms with Crippen LogP contribution >= 0.6 is 0 Å². The van der Waals surface area contributed by atoms with E-state index >= 15 is 0 Å². The lowest BCUT2D eigenvalue weighted by atomic mass is 10.00. The predicted octanol–water partition coefficient (Wildman–Crippen LogP) is 5.44. The van der Waals surface area contributed by atoms with E-state index in [1.54, 1.807) is 0 Å². The van der Waals surface area contributed by atoms with Crippen LogP contribution in [0.25, 0.3) is 0 Å². The molecule has 0 aliphatic carbocycles. The van der Waals surface area contributed by atoms with Crippen molar-refractivity contribution in [3.8, 4) is 5.75 Å². The van der Waals surface area contributed by atoms with E-state index in [1.807, 2.05) is 6.92 Å². The van der Waals surface area contributed by atoms with Crippen molar-refractivity contribution in [3.05, 3.63) is 96.3 Å². The van der Waals surface area contributed by atoms with Crippen LogP contribution in [0.2, 0.25) is 5.04 Å². The van der Waals surface area contributed by atoms with E-state index in [4.69, 9.17) is 14.9 Å². The first kappa shape index (κ1) is 29.9. The highest BCUT2D eigenvalue weighted by molar-refractivity contribution is 6.99. The van der Waals surface area contributed by atoms with Crippen molar-refractivity contribution >= 4 is 24.4 Å². The summed E-state index contributed by atoms with van der Waals surface area (Å²) in [4.78, 5) is 2.28. The summed E-state index contributed by atoms with van der Waals surface area (Å²) in [5, 5.41) is 6.28. The summed E-state index contributed by atoms with van der Waals surface area (Å²) < 4.78 is 13.3. The fourth-order valence-corrected chi connectivity index (χ4v) is 10.4. The molecule has 1 aliphatic heterocycles. The summed E-state index contributed by atoms with van der Waals surface area (Å²) in [6.07, 6.45) is 3.02. The smallest absolute Gasteiger partial charge is 0.261 e. The number of hydrogen-bond donors (Lipinski definition) is 2. The Morgan fingerprint density at radius 2 is 1.55 bits per heavy atom. The Bertz CT molecular complexity index is 1230. The Kier molecular flexibility index (Phi) is 9.44. The van der Waals surface area contributed by atoms with E-state index in [0.29, 0.717) is 19.1 Å². The molecule has 0 aromatic heterocycles. The first-order chi connectivity index (χ1) is 19.0. The molecule has 3 N–H and O–H groups in total. The SMILES string of the molecule is CC(C)C1=CN[C@H](CO[Si](c2ccccc2)(c2ccccc2)C(C)(C)C)Cc2ccc(OC[C@H](C)N)cc2N1C. The zero-order valence-electron chi connectivity index (χ0n) is 25.3. The summed E-state index contributed by atoms with van der Waals surface area (Å²) in [6.45, 7) is 14.5. The van der Waals surface area contributed by atoms with Crippen LogP contribution in [0, 0.1) is 5.92 Å². The van der Waals surface area contributed by atoms with Gasteiger partial charge in [0.2, 0.25) is 0 Å². The number of anilines is 1. The Balaban J connectivity index is 1.72. The van der Waals surface area contributed by atoms with Gasteiger partial charge in [0.15, 0.2) is 0 Å². The van der Waals surface area contributed by atoms with Gasteiger partial charge in [-0.1, -0.05) is 101 Å². The molecule has 214 valence electrons. The largest absolute Gasteiger partial charge is 0.492 e. The van der Waals surface area contributed by atoms with E-state index in [9.17, 15) is 0 Å². The highest BCUT2D eigenvalue weighted by atomic mass is 28.4. The van der Waals surface area contributed by atoms with Crippen LogP contribution in [0.3, 0.4) is 0 Å². The average Bonchev–Trinajstić information content (AvgIpc) is 2.91. The highest BCUT2D eigenvalue weighted by Gasteiger charge is 2.50. The van der Waals surface area contributed by atoms with E-state index < -0.39 is 8.32 Å². The first-order valence-corrected chi connectivity index (χ1v) is 16.4. The maximum absolute atomic E-state index is 7.32. The molecule has 0 saturated heterocycles. The van der Waals surface area contributed by atoms with Gasteiger partial charge in [-0.15, -0.1) is 0 Å². The minimum atomic E-state index is -2.64. The zero-order valence-corrected chi connectivity index (χ0v) is 26.3. The third-order valence-electron chi connectivity index (χ3n) is 7.76. The van der Waals surface area contributed by atoms with Gasteiger partial charge in [-0.3, -0.25) is 0 Å². The molecule has 4 rings (SSSR count). The molecule has 1 heterocycles. The molecule has 3 aromatic rings. The summed E-state index contributed by atoms with van der Waals surface area (Å²) in [6, 6.07) is 28.2. The van der Waals surface area contributed by atoms with E-state index in [2.05, 4.69) is 137 Å². The molecule has 0 unspecified atom stereocenters. The van der Waals surface area contributed by atoms with Gasteiger partial charge >= 0.3 is 0 Å². The molecule has 40 heavy (non-hydrogen) atoms. The highest BCUT2D eigenvalue weighted by Crippen LogP contribution is 2.37. The standard InChI is InChI=1S/C34H47N3O2Si/c1-25(2)33-22-36-28(20-27-18-19-29(38-23-26(3)35)21-32(27)37(33)7)24-39-40(34(4,5)6,30-14-10-8-11-15-30)31-16-12-9-13-17-31/h8-19,21-22,25-26,28,36H,20,23-24,35H2,1-7H3/t26-,28-/m0/s1. The first-order valence-electron chi connectivity index (χ1n) is 14.5. The normalized spacial score (nSPS) is 16.9. The second kappa shape index (κ2) is 12.6. The van der Waals surface area contributed by atoms with Gasteiger partial charge < -0.3 is 25.1 Å². The third kappa shape index (κ3) is 6.46. The molecule has 5 nitrogen and oxygen atoms in total. The van der Waals surface area contributed by atoms with Gasteiger partial charge in [-0.25, -0.2) is 0 Å². The lowest BCUT2D eigenvalue weighted by Crippen LogP contribution is -2.67. The molecule has 1 aliphatic rings. The molecule has 0 spiro atoms. The van der Waals surface area contributed by atoms with Crippen LogP contribution in [0.15, 0.2) is 90.8 Å². The maximum Gasteiger partial charge on any atom is 0.261 e. The molecule has 0 fully saturated rings. The van der Waals surface area contributed by atoms with Crippen molar-refractivity contribution in [2.75, 3.05) is 25.2 Å². The van der Waals surface area contributed by atoms with Crippen molar-refractivity contribution in [1.29, 1.82) is 0 Å². The molecule has 6 heteroatoms. The molecule has 3 aromatic carbocycles. The number of allylic oxidation sites excluding steroid dienone is 1. The van der Waals surface area contributed by atoms with Crippen LogP contribution in [0.4, 0.5) is 5.69 Å². The third-order valence-corrected chi connectivity index (χ3v) is 12.8. The van der Waals surface area contributed by atoms with Gasteiger partial charge in [0.1, 0.15) is 12.4 Å². The van der Waals surface area contributed by atoms with Crippen LogP contribution in [0.5, 0.6) is 5.75 Å². The van der Waals surface area contributed by atoms with E-state index in [0.717, 1.165) is 12.2 Å². The van der Waals surface area contributed by atoms with Crippen LogP contribution in [-0.4, -0.2) is 40.7 Å². The number of benzene rings is 3. The number of nitrogens with one attached hydrogen (secondary N) is 1. The minimum Gasteiger partial charge on any atom is -0.492 e. The van der Waals surface area contributed by atoms with Gasteiger partial charge in [-0.05, 0) is 46.3 Å². The molecule has 2 atom stereocenters. The number of rotatable bonds is 9. The van der Waals surface area contributed by atoms with Crippen molar-refractivity contribution < 1.29 is 9.16 Å². The Morgan fingerprint density at radius 1 is 0.950 bits per heavy atom. The Labute approximate surface area is 242 Å². The van der Waals surface area contributed by atoms with Crippen molar-refractivity contribution in [2.45, 2.75) is 65.1 Å². The molecule has 0 saturated carbocycles. The number of nitrogens with two attached hydrogens (primary N) is 1. The van der Waals surface area contributed by atoms with E-state index in [1.165, 1.54) is 27.3 Å². The predicted molar refractivity (Wildman–Crippen MR) is 171 cm³/mol. The number of nitrogens with zero attached hydrogens (tertiary/aromatic N) is 1. The van der Waals surface area contributed by atoms with Gasteiger partial charge in [-0.2, -0.15) is 0 Å². The van der Waals surface area contributed by atoms with Crippen LogP contribution < -0.4 is 31.1 Å². The van der Waals surface area contributed by atoms with Crippen molar-refractivity contribution in [3.63, 3.8) is 0 Å². The van der Waals surface area contributed by atoms with Crippen molar-refractivity contribution in [2.24, 2.45) is 11.7 Å². The van der Waals surface area contributed by atoms with Gasteiger partial charge in [0.05, 0.1) is 12.6 Å². The van der Waals surface area contributed by atoms with Crippen LogP contribution in [0.1, 0.15) is 47.1 Å². The molecular weight excluding hydrogens is 510 g/mol. The summed E-state index contributed by atoms with van der Waals surface area (Å²) >= 11 is 0. The van der Waals surface area contributed by atoms with Crippen molar-refractivity contribution in [1.82, 2.24) is 5.32 Å². The second-order valence-corrected chi connectivity index (χ2v) is 16.7. The minimum absolute atomic E-state index is 0.0157. The lowest BCUT2D eigenvalue weighted by Gasteiger charge is -2.44. The summed E-state index contributed by atoms with van der Waals surface area (Å²) in [5.74, 6) is 1.19. The summed E-state index contributed by atoms with van der Waals surface area (Å²) in [7, 11) is -0.500. The summed E-state index contributed by atoms with van der Waals surface area (Å²) in [5.41, 5.74) is 9.61. The topological polar surface area (TPSA) is 59.8 Å². The Morgan fingerprint density at radius 3 is 2.08 bits per heavy atom. The number of ether oxygens (including phenoxy) is 1. The van der Waals surface area contributed by atoms with Gasteiger partial charge in [0, 0.05) is 36.7 Å². The lowest BCUT2D eigenvalue weighted by molar-refractivity contribution is 0.257. The monoisotopic (exact) mass is 557 g/mol. The quantitative estimate of drug-likeness (QED) is 0.343. The average molecular weight is 558 g/mol. The van der Waals surface area contributed by atoms with E-state index in [-0.39, 0.29) is 17.1 Å². The number of hydrogen-bond acceptors (Lipinski definition) is 5. The Hall–Kier alpha value is -3.06. The molecule has 0 bridgehead atoms. The molecule has 0 amide bonds. The molecule has 0 radical (unpaired) electrons. The van der Waals surface area contributed by atoms with Gasteiger partial charge in [0.25, 0.3) is 8.32 Å². The van der Waals surface area contributed by atoms with Crippen LogP contribution in [-0.2, 0) is 10.8 Å². The molecular formula is C34H47N3O2Si. The number of fused-ring (bicyclic) bond motifs is 1. The zero-order chi connectivity index (χ0) is 28.9. The fraction of sp³-hybridized carbons (Fsp3) is 0.412.